The summed E-state index contributed by atoms with van der Waals surface area (Å²) in [6, 6.07) is 9.07. The van der Waals surface area contributed by atoms with Crippen molar-refractivity contribution in [2.75, 3.05) is 0 Å². The van der Waals surface area contributed by atoms with Crippen LogP contribution in [0.3, 0.4) is 0 Å². The quantitative estimate of drug-likeness (QED) is 0.816. The summed E-state index contributed by atoms with van der Waals surface area (Å²) in [5, 5.41) is 9.03. The van der Waals surface area contributed by atoms with Gasteiger partial charge in [0.15, 0.2) is 0 Å². The number of benzene rings is 1. The van der Waals surface area contributed by atoms with Crippen LogP contribution in [0.4, 0.5) is 0 Å². The summed E-state index contributed by atoms with van der Waals surface area (Å²) in [5.41, 5.74) is -0.647. The van der Waals surface area contributed by atoms with Crippen LogP contribution in [0.25, 0.3) is 0 Å². The Hall–Kier alpha value is -2.45. The van der Waals surface area contributed by atoms with Crippen molar-refractivity contribution in [1.29, 1.82) is 0 Å². The molecule has 0 atom stereocenters. The first-order chi connectivity index (χ1) is 10.3. The molecule has 0 saturated heterocycles. The maximum absolute atomic E-state index is 12.2. The zero-order chi connectivity index (χ0) is 16.3. The number of amides is 1. The van der Waals surface area contributed by atoms with Crippen molar-refractivity contribution in [1.82, 2.24) is 9.71 Å². The Balaban J connectivity index is 2.37. The van der Waals surface area contributed by atoms with Gasteiger partial charge < -0.3 is 5.11 Å². The lowest BCUT2D eigenvalue weighted by Crippen LogP contribution is -2.32. The number of carbonyl (C=O) groups excluding carboxylic acids is 1. The normalized spacial score (nSPS) is 11.0. The molecular formula is C13H9ClN2O5S. The van der Waals surface area contributed by atoms with Gasteiger partial charge in [0, 0.05) is 0 Å². The summed E-state index contributed by atoms with van der Waals surface area (Å²) >= 11 is 5.63. The van der Waals surface area contributed by atoms with Gasteiger partial charge in [-0.25, -0.2) is 22.9 Å². The molecule has 0 aliphatic rings. The van der Waals surface area contributed by atoms with E-state index in [4.69, 9.17) is 16.7 Å². The summed E-state index contributed by atoms with van der Waals surface area (Å²) < 4.78 is 26.1. The molecule has 7 nitrogen and oxygen atoms in total. The number of aromatic carboxylic acids is 1. The van der Waals surface area contributed by atoms with Gasteiger partial charge in [0.05, 0.1) is 5.56 Å². The molecule has 2 rings (SSSR count). The van der Waals surface area contributed by atoms with Gasteiger partial charge in [-0.2, -0.15) is 0 Å². The molecule has 0 saturated carbocycles. The molecule has 1 aromatic heterocycles. The first kappa shape index (κ1) is 15.9. The smallest absolute Gasteiger partial charge is 0.337 e. The Morgan fingerprint density at radius 3 is 2.41 bits per heavy atom. The van der Waals surface area contributed by atoms with Crippen LogP contribution in [-0.2, 0) is 10.0 Å². The number of halogens is 1. The van der Waals surface area contributed by atoms with Crippen molar-refractivity contribution >= 4 is 33.5 Å². The highest BCUT2D eigenvalue weighted by Crippen LogP contribution is 2.16. The van der Waals surface area contributed by atoms with Crippen LogP contribution in [0.1, 0.15) is 20.8 Å². The molecule has 0 spiro atoms. The maximum Gasteiger partial charge on any atom is 0.337 e. The second-order valence-corrected chi connectivity index (χ2v) is 6.12. The van der Waals surface area contributed by atoms with E-state index in [0.717, 1.165) is 12.1 Å². The number of hydrogen-bond donors (Lipinski definition) is 2. The SMILES string of the molecule is O=C(NS(=O)(=O)c1ccccc1C(=O)O)c1cccc(Cl)n1. The third kappa shape index (κ3) is 3.41. The molecule has 114 valence electrons. The average molecular weight is 341 g/mol. The molecule has 1 amide bonds. The molecule has 9 heteroatoms. The number of rotatable bonds is 4. The number of hydrogen-bond acceptors (Lipinski definition) is 5. The molecule has 0 aliphatic heterocycles. The van der Waals surface area contributed by atoms with Crippen LogP contribution in [0.2, 0.25) is 5.15 Å². The predicted octanol–water partition coefficient (Wildman–Crippen LogP) is 1.55. The summed E-state index contributed by atoms with van der Waals surface area (Å²) in [6.07, 6.45) is 0. The number of sulfonamides is 1. The van der Waals surface area contributed by atoms with Crippen LogP contribution in [-0.4, -0.2) is 30.4 Å². The molecule has 2 N–H and O–H groups in total. The second-order valence-electron chi connectivity index (χ2n) is 4.08. The minimum atomic E-state index is -4.36. The van der Waals surface area contributed by atoms with Crippen molar-refractivity contribution in [2.24, 2.45) is 0 Å². The third-order valence-corrected chi connectivity index (χ3v) is 4.18. The van der Waals surface area contributed by atoms with E-state index in [-0.39, 0.29) is 10.8 Å². The summed E-state index contributed by atoms with van der Waals surface area (Å²) in [5.74, 6) is -2.43. The predicted molar refractivity (Wildman–Crippen MR) is 77.3 cm³/mol. The number of pyridine rings is 1. The molecule has 1 aromatic carbocycles. The van der Waals surface area contributed by atoms with Crippen LogP contribution < -0.4 is 4.72 Å². The van der Waals surface area contributed by atoms with Gasteiger partial charge in [-0.3, -0.25) is 4.79 Å². The van der Waals surface area contributed by atoms with Gasteiger partial charge in [0.25, 0.3) is 15.9 Å². The first-order valence-electron chi connectivity index (χ1n) is 5.83. The van der Waals surface area contributed by atoms with E-state index in [2.05, 4.69) is 4.98 Å². The number of aromatic nitrogens is 1. The average Bonchev–Trinajstić information content (AvgIpc) is 2.46. The lowest BCUT2D eigenvalue weighted by Gasteiger charge is -2.09. The van der Waals surface area contributed by atoms with Crippen LogP contribution in [0, 0.1) is 0 Å². The number of carbonyl (C=O) groups is 2. The zero-order valence-electron chi connectivity index (χ0n) is 10.9. The molecule has 0 aliphatic carbocycles. The maximum atomic E-state index is 12.2. The Morgan fingerprint density at radius 2 is 1.77 bits per heavy atom. The molecule has 2 aromatic rings. The first-order valence-corrected chi connectivity index (χ1v) is 7.69. The molecule has 0 radical (unpaired) electrons. The van der Waals surface area contributed by atoms with Crippen LogP contribution in [0.15, 0.2) is 47.4 Å². The molecule has 1 heterocycles. The van der Waals surface area contributed by atoms with Crippen molar-refractivity contribution < 1.29 is 23.1 Å². The minimum Gasteiger partial charge on any atom is -0.478 e. The fraction of sp³-hybridized carbons (Fsp3) is 0. The fourth-order valence-electron chi connectivity index (χ4n) is 1.64. The molecular weight excluding hydrogens is 332 g/mol. The molecule has 0 bridgehead atoms. The van der Waals surface area contributed by atoms with E-state index in [1.807, 2.05) is 0 Å². The standard InChI is InChI=1S/C13H9ClN2O5S/c14-11-7-3-5-9(15-11)12(17)16-22(20,21)10-6-2-1-4-8(10)13(18)19/h1-7H,(H,16,17)(H,18,19). The minimum absolute atomic E-state index is 0.0241. The van der Waals surface area contributed by atoms with E-state index in [1.165, 1.54) is 30.3 Å². The van der Waals surface area contributed by atoms with E-state index in [0.29, 0.717) is 0 Å². The van der Waals surface area contributed by atoms with Gasteiger partial charge in [0.2, 0.25) is 0 Å². The third-order valence-electron chi connectivity index (χ3n) is 2.58. The van der Waals surface area contributed by atoms with E-state index in [1.54, 1.807) is 4.72 Å². The highest BCUT2D eigenvalue weighted by atomic mass is 35.5. The Bertz CT molecular complexity index is 851. The fourth-order valence-corrected chi connectivity index (χ4v) is 2.97. The number of nitrogens with one attached hydrogen (secondary N) is 1. The van der Waals surface area contributed by atoms with Gasteiger partial charge in [0.1, 0.15) is 15.7 Å². The largest absolute Gasteiger partial charge is 0.478 e. The topological polar surface area (TPSA) is 113 Å². The Kier molecular flexibility index (Phi) is 4.43. The molecule has 0 fully saturated rings. The number of carboxylic acid groups (broad SMARTS) is 1. The summed E-state index contributed by atoms with van der Waals surface area (Å²) in [6.45, 7) is 0. The van der Waals surface area contributed by atoms with Gasteiger partial charge >= 0.3 is 5.97 Å². The van der Waals surface area contributed by atoms with E-state index < -0.39 is 32.4 Å². The monoisotopic (exact) mass is 340 g/mol. The van der Waals surface area contributed by atoms with Crippen LogP contribution >= 0.6 is 11.6 Å². The second kappa shape index (κ2) is 6.12. The zero-order valence-corrected chi connectivity index (χ0v) is 12.4. The lowest BCUT2D eigenvalue weighted by atomic mass is 10.2. The van der Waals surface area contributed by atoms with Gasteiger partial charge in [-0.05, 0) is 24.3 Å². The van der Waals surface area contributed by atoms with Crippen molar-refractivity contribution in [3.63, 3.8) is 0 Å². The van der Waals surface area contributed by atoms with Gasteiger partial charge in [-0.1, -0.05) is 29.8 Å². The van der Waals surface area contributed by atoms with E-state index in [9.17, 15) is 18.0 Å². The Labute approximate surface area is 130 Å². The summed E-state index contributed by atoms with van der Waals surface area (Å²) in [7, 11) is -4.36. The van der Waals surface area contributed by atoms with Crippen LogP contribution in [0.5, 0.6) is 0 Å². The molecule has 22 heavy (non-hydrogen) atoms. The van der Waals surface area contributed by atoms with Crippen molar-refractivity contribution in [2.45, 2.75) is 4.90 Å². The highest BCUT2D eigenvalue weighted by Gasteiger charge is 2.24. The van der Waals surface area contributed by atoms with Gasteiger partial charge in [-0.15, -0.1) is 0 Å². The highest BCUT2D eigenvalue weighted by molar-refractivity contribution is 7.90. The Morgan fingerprint density at radius 1 is 1.09 bits per heavy atom. The van der Waals surface area contributed by atoms with E-state index >= 15 is 0 Å². The summed E-state index contributed by atoms with van der Waals surface area (Å²) in [4.78, 5) is 26.1. The number of nitrogens with zero attached hydrogens (tertiary/aromatic N) is 1. The van der Waals surface area contributed by atoms with Crippen molar-refractivity contribution in [3.8, 4) is 0 Å². The lowest BCUT2D eigenvalue weighted by molar-refractivity contribution is 0.0692. The molecule has 0 unspecified atom stereocenters. The van der Waals surface area contributed by atoms with Crippen molar-refractivity contribution in [3.05, 3.63) is 58.9 Å². The number of carboxylic acids is 1.